The van der Waals surface area contributed by atoms with Gasteiger partial charge < -0.3 is 0 Å². The summed E-state index contributed by atoms with van der Waals surface area (Å²) in [7, 11) is 0. The monoisotopic (exact) mass is 211 g/mol. The average Bonchev–Trinajstić information content (AvgIpc) is 2.26. The molecule has 1 aromatic carbocycles. The maximum Gasteiger partial charge on any atom is 0.168 e. The lowest BCUT2D eigenvalue weighted by Crippen LogP contribution is -2.22. The van der Waals surface area contributed by atoms with Crippen LogP contribution in [0.3, 0.4) is 0 Å². The first-order valence-corrected chi connectivity index (χ1v) is 5.74. The van der Waals surface area contributed by atoms with Gasteiger partial charge in [0.05, 0.1) is 5.52 Å². The van der Waals surface area contributed by atoms with Crippen molar-refractivity contribution in [1.82, 2.24) is 4.98 Å². The Labute approximate surface area is 94.3 Å². The fourth-order valence-corrected chi connectivity index (χ4v) is 2.19. The second-order valence-corrected chi connectivity index (χ2v) is 4.37. The van der Waals surface area contributed by atoms with Crippen LogP contribution in [0.25, 0.3) is 10.9 Å². The second kappa shape index (κ2) is 3.71. The molecule has 16 heavy (non-hydrogen) atoms. The first-order valence-electron chi connectivity index (χ1n) is 5.74. The predicted molar refractivity (Wildman–Crippen MR) is 63.4 cm³/mol. The number of hydrogen-bond acceptors (Lipinski definition) is 2. The van der Waals surface area contributed by atoms with Crippen molar-refractivity contribution >= 4 is 16.7 Å². The van der Waals surface area contributed by atoms with E-state index < -0.39 is 0 Å². The van der Waals surface area contributed by atoms with Crippen LogP contribution in [0, 0.1) is 5.92 Å². The van der Waals surface area contributed by atoms with Gasteiger partial charge in [-0.3, -0.25) is 9.78 Å². The molecule has 1 fully saturated rings. The quantitative estimate of drug-likeness (QED) is 0.714. The van der Waals surface area contributed by atoms with E-state index in [9.17, 15) is 4.79 Å². The molecule has 1 aliphatic rings. The van der Waals surface area contributed by atoms with E-state index in [1.807, 2.05) is 30.3 Å². The molecule has 0 unspecified atom stereocenters. The normalized spacial score (nSPS) is 16.0. The number of hydrogen-bond donors (Lipinski definition) is 0. The van der Waals surface area contributed by atoms with Gasteiger partial charge in [0, 0.05) is 23.1 Å². The fraction of sp³-hybridized carbons (Fsp3) is 0.286. The van der Waals surface area contributed by atoms with Gasteiger partial charge in [0.25, 0.3) is 0 Å². The summed E-state index contributed by atoms with van der Waals surface area (Å²) >= 11 is 0. The lowest BCUT2D eigenvalue weighted by atomic mass is 9.79. The predicted octanol–water partition coefficient (Wildman–Crippen LogP) is 3.22. The molecule has 1 heterocycles. The summed E-state index contributed by atoms with van der Waals surface area (Å²) in [4.78, 5) is 16.5. The minimum absolute atomic E-state index is 0.243. The molecule has 1 aliphatic carbocycles. The van der Waals surface area contributed by atoms with E-state index in [0.717, 1.165) is 29.3 Å². The summed E-state index contributed by atoms with van der Waals surface area (Å²) in [6.07, 6.45) is 5.03. The third-order valence-corrected chi connectivity index (χ3v) is 3.37. The van der Waals surface area contributed by atoms with Crippen LogP contribution in [-0.4, -0.2) is 10.8 Å². The van der Waals surface area contributed by atoms with Gasteiger partial charge in [0.15, 0.2) is 5.78 Å². The third-order valence-electron chi connectivity index (χ3n) is 3.37. The summed E-state index contributed by atoms with van der Waals surface area (Å²) in [6, 6.07) is 9.74. The van der Waals surface area contributed by atoms with Gasteiger partial charge in [-0.2, -0.15) is 0 Å². The number of rotatable bonds is 2. The van der Waals surface area contributed by atoms with Gasteiger partial charge in [0.2, 0.25) is 0 Å². The van der Waals surface area contributed by atoms with E-state index >= 15 is 0 Å². The number of para-hydroxylation sites is 1. The topological polar surface area (TPSA) is 30.0 Å². The molecule has 1 aromatic heterocycles. The average molecular weight is 211 g/mol. The van der Waals surface area contributed by atoms with Crippen LogP contribution < -0.4 is 0 Å². The Morgan fingerprint density at radius 1 is 1.19 bits per heavy atom. The second-order valence-electron chi connectivity index (χ2n) is 4.37. The molecule has 0 spiro atoms. The van der Waals surface area contributed by atoms with Crippen LogP contribution in [0.15, 0.2) is 36.5 Å². The SMILES string of the molecule is O=C(c1cccc2cccnc12)C1CCC1. The molecular formula is C14H13NO. The van der Waals surface area contributed by atoms with Crippen molar-refractivity contribution in [3.63, 3.8) is 0 Å². The molecule has 0 radical (unpaired) electrons. The van der Waals surface area contributed by atoms with Crippen molar-refractivity contribution in [2.24, 2.45) is 5.92 Å². The van der Waals surface area contributed by atoms with Crippen LogP contribution in [0.5, 0.6) is 0 Å². The van der Waals surface area contributed by atoms with Crippen molar-refractivity contribution in [3.8, 4) is 0 Å². The first kappa shape index (κ1) is 9.52. The summed E-state index contributed by atoms with van der Waals surface area (Å²) in [5.74, 6) is 0.517. The number of pyridine rings is 1. The largest absolute Gasteiger partial charge is 0.294 e. The Kier molecular flexibility index (Phi) is 2.21. The number of carbonyl (C=O) groups is 1. The minimum Gasteiger partial charge on any atom is -0.294 e. The van der Waals surface area contributed by atoms with E-state index in [4.69, 9.17) is 0 Å². The maximum absolute atomic E-state index is 12.2. The first-order chi connectivity index (χ1) is 7.86. The van der Waals surface area contributed by atoms with Crippen LogP contribution in [0.2, 0.25) is 0 Å². The van der Waals surface area contributed by atoms with E-state index in [0.29, 0.717) is 0 Å². The number of aromatic nitrogens is 1. The summed E-state index contributed by atoms with van der Waals surface area (Å²) < 4.78 is 0. The highest BCUT2D eigenvalue weighted by Crippen LogP contribution is 2.31. The zero-order valence-electron chi connectivity index (χ0n) is 9.02. The van der Waals surface area contributed by atoms with Crippen molar-refractivity contribution in [2.45, 2.75) is 19.3 Å². The smallest absolute Gasteiger partial charge is 0.168 e. The van der Waals surface area contributed by atoms with Crippen LogP contribution in [0.1, 0.15) is 29.6 Å². The van der Waals surface area contributed by atoms with E-state index in [-0.39, 0.29) is 11.7 Å². The van der Waals surface area contributed by atoms with Crippen molar-refractivity contribution in [3.05, 3.63) is 42.1 Å². The summed E-state index contributed by atoms with van der Waals surface area (Å²) in [5, 5.41) is 1.05. The van der Waals surface area contributed by atoms with Crippen molar-refractivity contribution < 1.29 is 4.79 Å². The minimum atomic E-state index is 0.243. The zero-order chi connectivity index (χ0) is 11.0. The van der Waals surface area contributed by atoms with Crippen molar-refractivity contribution in [2.75, 3.05) is 0 Å². The van der Waals surface area contributed by atoms with Crippen LogP contribution >= 0.6 is 0 Å². The number of ketones is 1. The molecule has 2 heteroatoms. The zero-order valence-corrected chi connectivity index (χ0v) is 9.02. The molecule has 1 saturated carbocycles. The molecular weight excluding hydrogens is 198 g/mol. The molecule has 2 nitrogen and oxygen atoms in total. The van der Waals surface area contributed by atoms with Gasteiger partial charge in [-0.15, -0.1) is 0 Å². The highest BCUT2D eigenvalue weighted by Gasteiger charge is 2.27. The number of fused-ring (bicyclic) bond motifs is 1. The number of benzene rings is 1. The highest BCUT2D eigenvalue weighted by atomic mass is 16.1. The van der Waals surface area contributed by atoms with Crippen LogP contribution in [0.4, 0.5) is 0 Å². The highest BCUT2D eigenvalue weighted by molar-refractivity contribution is 6.07. The Balaban J connectivity index is 2.12. The Morgan fingerprint density at radius 2 is 2.00 bits per heavy atom. The lowest BCUT2D eigenvalue weighted by Gasteiger charge is -2.24. The number of Topliss-reactive ketones (excluding diaryl/α,β-unsaturated/α-hetero) is 1. The van der Waals surface area contributed by atoms with Gasteiger partial charge in [0.1, 0.15) is 0 Å². The fourth-order valence-electron chi connectivity index (χ4n) is 2.19. The van der Waals surface area contributed by atoms with Crippen LogP contribution in [-0.2, 0) is 0 Å². The molecule has 80 valence electrons. The van der Waals surface area contributed by atoms with Gasteiger partial charge in [-0.05, 0) is 25.0 Å². The van der Waals surface area contributed by atoms with Gasteiger partial charge >= 0.3 is 0 Å². The molecule has 0 aliphatic heterocycles. The lowest BCUT2D eigenvalue weighted by molar-refractivity contribution is 0.0857. The van der Waals surface area contributed by atoms with Gasteiger partial charge in [-0.1, -0.05) is 24.6 Å². The van der Waals surface area contributed by atoms with E-state index in [1.54, 1.807) is 6.20 Å². The Hall–Kier alpha value is -1.70. The van der Waals surface area contributed by atoms with Gasteiger partial charge in [-0.25, -0.2) is 0 Å². The third kappa shape index (κ3) is 1.42. The molecule has 3 rings (SSSR count). The number of nitrogens with zero attached hydrogens (tertiary/aromatic N) is 1. The molecule has 2 aromatic rings. The van der Waals surface area contributed by atoms with E-state index in [1.165, 1.54) is 6.42 Å². The standard InChI is InChI=1S/C14H13NO/c16-14(11-5-1-6-11)12-8-2-4-10-7-3-9-15-13(10)12/h2-4,7-9,11H,1,5-6H2. The Bertz CT molecular complexity index is 538. The molecule has 0 N–H and O–H groups in total. The molecule has 0 saturated heterocycles. The van der Waals surface area contributed by atoms with E-state index in [2.05, 4.69) is 4.98 Å². The molecule has 0 atom stereocenters. The maximum atomic E-state index is 12.2. The Morgan fingerprint density at radius 3 is 2.75 bits per heavy atom. The molecule has 0 bridgehead atoms. The summed E-state index contributed by atoms with van der Waals surface area (Å²) in [5.41, 5.74) is 1.64. The summed E-state index contributed by atoms with van der Waals surface area (Å²) in [6.45, 7) is 0. The van der Waals surface area contributed by atoms with Crippen molar-refractivity contribution in [1.29, 1.82) is 0 Å². The molecule has 0 amide bonds. The number of carbonyl (C=O) groups excluding carboxylic acids is 1.